The van der Waals surface area contributed by atoms with Gasteiger partial charge >= 0.3 is 0 Å². The number of fused-ring (bicyclic) bond motifs is 2. The van der Waals surface area contributed by atoms with Crippen LogP contribution in [0.15, 0.2) is 30.3 Å². The highest BCUT2D eigenvalue weighted by Crippen LogP contribution is 2.34. The molecule has 0 aliphatic carbocycles. The lowest BCUT2D eigenvalue weighted by Gasteiger charge is -2.15. The number of benzene rings is 1. The monoisotopic (exact) mass is 358 g/mol. The predicted octanol–water partition coefficient (Wildman–Crippen LogP) is 3.43. The third-order valence-corrected chi connectivity index (χ3v) is 5.42. The maximum atomic E-state index is 12.6. The summed E-state index contributed by atoms with van der Waals surface area (Å²) in [5, 5.41) is 7.65. The molecule has 0 spiro atoms. The topological polar surface area (TPSA) is 80.0 Å². The van der Waals surface area contributed by atoms with Crippen LogP contribution in [-0.2, 0) is 13.0 Å². The third-order valence-electron chi connectivity index (χ3n) is 4.05. The molecule has 1 amide bonds. The molecule has 1 aliphatic rings. The number of rotatable bonds is 2. The standard InChI is InChI=1S/C17H15ClN4OS/c18-10-1-3-11(4-2-10)21-16(23)15-14(19)12-7-9-8-20-6-5-13(9)22-17(12)24-15/h1-4,7,20H,5-6,8,19H2,(H,21,23). The first-order valence-electron chi connectivity index (χ1n) is 7.60. The first-order chi connectivity index (χ1) is 11.6. The Bertz CT molecular complexity index is 936. The zero-order valence-corrected chi connectivity index (χ0v) is 14.3. The van der Waals surface area contributed by atoms with Gasteiger partial charge in [0.2, 0.25) is 0 Å². The second-order valence-electron chi connectivity index (χ2n) is 5.68. The summed E-state index contributed by atoms with van der Waals surface area (Å²) in [6.45, 7) is 1.72. The van der Waals surface area contributed by atoms with Crippen molar-refractivity contribution in [2.24, 2.45) is 0 Å². The molecule has 0 saturated heterocycles. The first-order valence-corrected chi connectivity index (χ1v) is 8.79. The Hall–Kier alpha value is -2.15. The van der Waals surface area contributed by atoms with Crippen molar-refractivity contribution in [1.29, 1.82) is 0 Å². The maximum Gasteiger partial charge on any atom is 0.267 e. The minimum atomic E-state index is -0.228. The molecule has 4 rings (SSSR count). The van der Waals surface area contributed by atoms with E-state index in [1.807, 2.05) is 0 Å². The molecular formula is C17H15ClN4OS. The Morgan fingerprint density at radius 1 is 1.33 bits per heavy atom. The molecule has 0 saturated carbocycles. The summed E-state index contributed by atoms with van der Waals surface area (Å²) in [6, 6.07) is 9.02. The number of hydrogen-bond acceptors (Lipinski definition) is 5. The molecule has 0 unspecified atom stereocenters. The molecule has 1 aliphatic heterocycles. The molecule has 24 heavy (non-hydrogen) atoms. The molecule has 1 aromatic carbocycles. The molecule has 7 heteroatoms. The van der Waals surface area contributed by atoms with E-state index in [1.54, 1.807) is 24.3 Å². The van der Waals surface area contributed by atoms with E-state index in [-0.39, 0.29) is 5.91 Å². The molecule has 5 nitrogen and oxygen atoms in total. The van der Waals surface area contributed by atoms with Crippen molar-refractivity contribution in [3.63, 3.8) is 0 Å². The number of carbonyl (C=O) groups is 1. The fourth-order valence-corrected chi connectivity index (χ4v) is 3.93. The van der Waals surface area contributed by atoms with Crippen molar-refractivity contribution in [2.75, 3.05) is 17.6 Å². The number of nitrogens with two attached hydrogens (primary N) is 1. The summed E-state index contributed by atoms with van der Waals surface area (Å²) in [7, 11) is 0. The number of pyridine rings is 1. The number of aromatic nitrogens is 1. The van der Waals surface area contributed by atoms with Gasteiger partial charge in [0.15, 0.2) is 0 Å². The molecule has 2 aromatic heterocycles. The number of carbonyl (C=O) groups excluding carboxylic acids is 1. The van der Waals surface area contributed by atoms with Crippen LogP contribution in [0, 0.1) is 0 Å². The van der Waals surface area contributed by atoms with Gasteiger partial charge in [-0.25, -0.2) is 4.98 Å². The number of anilines is 2. The molecule has 0 atom stereocenters. The van der Waals surface area contributed by atoms with Crippen LogP contribution in [0.2, 0.25) is 5.02 Å². The van der Waals surface area contributed by atoms with Gasteiger partial charge in [0.05, 0.1) is 5.69 Å². The van der Waals surface area contributed by atoms with Crippen LogP contribution in [0.1, 0.15) is 20.9 Å². The number of thiophene rings is 1. The molecule has 122 valence electrons. The number of nitrogens with one attached hydrogen (secondary N) is 2. The second kappa shape index (κ2) is 6.05. The smallest absolute Gasteiger partial charge is 0.267 e. The Balaban J connectivity index is 1.69. The average Bonchev–Trinajstić information content (AvgIpc) is 2.91. The number of halogens is 1. The molecule has 0 fully saturated rings. The Kier molecular flexibility index (Phi) is 3.88. The first kappa shape index (κ1) is 15.4. The molecule has 3 heterocycles. The van der Waals surface area contributed by atoms with Crippen molar-refractivity contribution in [3.8, 4) is 0 Å². The van der Waals surface area contributed by atoms with Gasteiger partial charge in [0.25, 0.3) is 5.91 Å². The fourth-order valence-electron chi connectivity index (χ4n) is 2.81. The maximum absolute atomic E-state index is 12.6. The van der Waals surface area contributed by atoms with Gasteiger partial charge in [-0.05, 0) is 35.9 Å². The van der Waals surface area contributed by atoms with Crippen LogP contribution in [0.5, 0.6) is 0 Å². The number of hydrogen-bond donors (Lipinski definition) is 3. The van der Waals surface area contributed by atoms with Crippen molar-refractivity contribution >= 4 is 50.4 Å². The zero-order chi connectivity index (χ0) is 16.7. The van der Waals surface area contributed by atoms with Gasteiger partial charge in [0.1, 0.15) is 9.71 Å². The molecule has 4 N–H and O–H groups in total. The van der Waals surface area contributed by atoms with Crippen LogP contribution in [0.25, 0.3) is 10.2 Å². The van der Waals surface area contributed by atoms with Gasteiger partial charge in [-0.15, -0.1) is 11.3 Å². The van der Waals surface area contributed by atoms with E-state index in [2.05, 4.69) is 16.7 Å². The summed E-state index contributed by atoms with van der Waals surface area (Å²) >= 11 is 7.19. The fraction of sp³-hybridized carbons (Fsp3) is 0.176. The van der Waals surface area contributed by atoms with E-state index in [4.69, 9.17) is 22.3 Å². The van der Waals surface area contributed by atoms with Crippen LogP contribution in [0.4, 0.5) is 11.4 Å². The number of amides is 1. The van der Waals surface area contributed by atoms with E-state index >= 15 is 0 Å². The van der Waals surface area contributed by atoms with Gasteiger partial charge in [-0.1, -0.05) is 11.6 Å². The third kappa shape index (κ3) is 2.73. The number of nitrogens with zero attached hydrogens (tertiary/aromatic N) is 1. The van der Waals surface area contributed by atoms with Crippen LogP contribution in [-0.4, -0.2) is 17.4 Å². The SMILES string of the molecule is Nc1c(C(=O)Nc2ccc(Cl)cc2)sc2nc3c(cc12)CNCC3. The minimum Gasteiger partial charge on any atom is -0.397 e. The van der Waals surface area contributed by atoms with Gasteiger partial charge in [-0.2, -0.15) is 0 Å². The molecule has 0 bridgehead atoms. The molecule has 0 radical (unpaired) electrons. The lowest BCUT2D eigenvalue weighted by Crippen LogP contribution is -2.24. The summed E-state index contributed by atoms with van der Waals surface area (Å²) in [5.41, 5.74) is 9.63. The quantitative estimate of drug-likeness (QED) is 0.655. The highest BCUT2D eigenvalue weighted by atomic mass is 35.5. The van der Waals surface area contributed by atoms with Crippen molar-refractivity contribution in [2.45, 2.75) is 13.0 Å². The van der Waals surface area contributed by atoms with Gasteiger partial charge in [0, 0.05) is 41.3 Å². The zero-order valence-electron chi connectivity index (χ0n) is 12.7. The van der Waals surface area contributed by atoms with Crippen LogP contribution in [0.3, 0.4) is 0 Å². The van der Waals surface area contributed by atoms with Crippen LogP contribution >= 0.6 is 22.9 Å². The molecule has 3 aromatic rings. The van der Waals surface area contributed by atoms with E-state index in [0.717, 1.165) is 41.0 Å². The predicted molar refractivity (Wildman–Crippen MR) is 98.8 cm³/mol. The average molecular weight is 359 g/mol. The minimum absolute atomic E-state index is 0.228. The number of nitrogen functional groups attached to an aromatic ring is 1. The molecular weight excluding hydrogens is 344 g/mol. The van der Waals surface area contributed by atoms with Crippen molar-refractivity contribution < 1.29 is 4.79 Å². The summed E-state index contributed by atoms with van der Waals surface area (Å²) in [4.78, 5) is 18.6. The Labute approximate surface area is 147 Å². The lowest BCUT2D eigenvalue weighted by molar-refractivity contribution is 0.103. The van der Waals surface area contributed by atoms with E-state index in [0.29, 0.717) is 21.3 Å². The summed E-state index contributed by atoms with van der Waals surface area (Å²) in [5.74, 6) is -0.228. The highest BCUT2D eigenvalue weighted by Gasteiger charge is 2.20. The summed E-state index contributed by atoms with van der Waals surface area (Å²) in [6.07, 6.45) is 0.898. The Morgan fingerprint density at radius 3 is 2.92 bits per heavy atom. The highest BCUT2D eigenvalue weighted by molar-refractivity contribution is 7.21. The van der Waals surface area contributed by atoms with E-state index in [1.165, 1.54) is 11.3 Å². The summed E-state index contributed by atoms with van der Waals surface area (Å²) < 4.78 is 0. The van der Waals surface area contributed by atoms with Gasteiger partial charge < -0.3 is 16.4 Å². The normalized spacial score (nSPS) is 13.7. The van der Waals surface area contributed by atoms with Gasteiger partial charge in [-0.3, -0.25) is 4.79 Å². The van der Waals surface area contributed by atoms with Crippen LogP contribution < -0.4 is 16.4 Å². The largest absolute Gasteiger partial charge is 0.397 e. The lowest BCUT2D eigenvalue weighted by atomic mass is 10.1. The van der Waals surface area contributed by atoms with Crippen molar-refractivity contribution in [1.82, 2.24) is 10.3 Å². The van der Waals surface area contributed by atoms with Crippen molar-refractivity contribution in [3.05, 3.63) is 51.5 Å². The Morgan fingerprint density at radius 2 is 2.12 bits per heavy atom. The van der Waals surface area contributed by atoms with E-state index in [9.17, 15) is 4.79 Å². The second-order valence-corrected chi connectivity index (χ2v) is 7.12. The van der Waals surface area contributed by atoms with E-state index < -0.39 is 0 Å².